The van der Waals surface area contributed by atoms with E-state index in [4.69, 9.17) is 9.47 Å². The summed E-state index contributed by atoms with van der Waals surface area (Å²) in [6.45, 7) is 0.714. The molecule has 0 saturated heterocycles. The number of hydrogen-bond donors (Lipinski definition) is 1. The van der Waals surface area contributed by atoms with Gasteiger partial charge in [0.15, 0.2) is 0 Å². The number of allylic oxidation sites excluding steroid dienone is 1. The van der Waals surface area contributed by atoms with Gasteiger partial charge in [-0.2, -0.15) is 0 Å². The van der Waals surface area contributed by atoms with Crippen LogP contribution < -0.4 is 4.74 Å². The molecule has 0 aromatic heterocycles. The second-order valence-electron chi connectivity index (χ2n) is 4.17. The summed E-state index contributed by atoms with van der Waals surface area (Å²) in [5.41, 5.74) is 1.08. The third-order valence-corrected chi connectivity index (χ3v) is 2.88. The molecule has 1 atom stereocenters. The largest absolute Gasteiger partial charge is 0.497 e. The molecule has 0 fully saturated rings. The van der Waals surface area contributed by atoms with Crippen molar-refractivity contribution in [2.45, 2.75) is 25.4 Å². The molecule has 1 N–H and O–H groups in total. The number of ether oxygens (including phenoxy) is 2. The van der Waals surface area contributed by atoms with Crippen molar-refractivity contribution in [3.8, 4) is 5.75 Å². The Morgan fingerprint density at radius 3 is 2.71 bits per heavy atom. The van der Waals surface area contributed by atoms with E-state index in [0.717, 1.165) is 24.2 Å². The minimum Gasteiger partial charge on any atom is -0.497 e. The zero-order valence-electron chi connectivity index (χ0n) is 10.1. The highest BCUT2D eigenvalue weighted by Crippen LogP contribution is 2.18. The first kappa shape index (κ1) is 12.0. The van der Waals surface area contributed by atoms with E-state index in [-0.39, 0.29) is 0 Å². The van der Waals surface area contributed by atoms with Crippen LogP contribution >= 0.6 is 0 Å². The van der Waals surface area contributed by atoms with Gasteiger partial charge in [-0.3, -0.25) is 0 Å². The molecule has 2 rings (SSSR count). The minimum atomic E-state index is -0.538. The molecular formula is C14H18O3. The molecule has 17 heavy (non-hydrogen) atoms. The lowest BCUT2D eigenvalue weighted by atomic mass is 10.0. The van der Waals surface area contributed by atoms with E-state index in [0.29, 0.717) is 18.8 Å². The van der Waals surface area contributed by atoms with Gasteiger partial charge in [0.25, 0.3) is 0 Å². The normalized spacial score (nSPS) is 16.9. The van der Waals surface area contributed by atoms with E-state index in [1.54, 1.807) is 7.11 Å². The van der Waals surface area contributed by atoms with Crippen molar-refractivity contribution < 1.29 is 14.6 Å². The van der Waals surface area contributed by atoms with Crippen LogP contribution in [0.2, 0.25) is 0 Å². The van der Waals surface area contributed by atoms with E-state index >= 15 is 0 Å². The van der Waals surface area contributed by atoms with Gasteiger partial charge in [-0.05, 0) is 36.6 Å². The maximum Gasteiger partial charge on any atom is 0.121 e. The SMILES string of the molecule is COc1ccc(CC(O)C2=CCCCO2)cc1. The molecule has 0 aliphatic carbocycles. The van der Waals surface area contributed by atoms with E-state index in [9.17, 15) is 5.11 Å². The van der Waals surface area contributed by atoms with Crippen molar-refractivity contribution in [1.82, 2.24) is 0 Å². The Morgan fingerprint density at radius 2 is 2.12 bits per heavy atom. The van der Waals surface area contributed by atoms with E-state index < -0.39 is 6.10 Å². The number of benzene rings is 1. The van der Waals surface area contributed by atoms with Crippen LogP contribution in [0.4, 0.5) is 0 Å². The quantitative estimate of drug-likeness (QED) is 0.868. The highest BCUT2D eigenvalue weighted by Gasteiger charge is 2.15. The molecule has 0 spiro atoms. The number of rotatable bonds is 4. The summed E-state index contributed by atoms with van der Waals surface area (Å²) >= 11 is 0. The first-order valence-corrected chi connectivity index (χ1v) is 5.93. The summed E-state index contributed by atoms with van der Waals surface area (Å²) in [5.74, 6) is 1.54. The van der Waals surface area contributed by atoms with E-state index in [1.165, 1.54) is 0 Å². The van der Waals surface area contributed by atoms with Crippen LogP contribution in [0.3, 0.4) is 0 Å². The molecule has 1 aliphatic rings. The molecule has 1 aliphatic heterocycles. The van der Waals surface area contributed by atoms with Crippen molar-refractivity contribution >= 4 is 0 Å². The average molecular weight is 234 g/mol. The molecular weight excluding hydrogens is 216 g/mol. The van der Waals surface area contributed by atoms with Crippen molar-refractivity contribution in [3.05, 3.63) is 41.7 Å². The van der Waals surface area contributed by atoms with Crippen molar-refractivity contribution in [1.29, 1.82) is 0 Å². The lowest BCUT2D eigenvalue weighted by molar-refractivity contribution is 0.0918. The molecule has 1 unspecified atom stereocenters. The number of aliphatic hydroxyl groups is 1. The monoisotopic (exact) mass is 234 g/mol. The van der Waals surface area contributed by atoms with E-state index in [2.05, 4.69) is 0 Å². The predicted molar refractivity (Wildman–Crippen MR) is 66.0 cm³/mol. The summed E-state index contributed by atoms with van der Waals surface area (Å²) in [5, 5.41) is 10.0. The topological polar surface area (TPSA) is 38.7 Å². The van der Waals surface area contributed by atoms with Crippen LogP contribution in [0, 0.1) is 0 Å². The van der Waals surface area contributed by atoms with Crippen LogP contribution in [0.25, 0.3) is 0 Å². The van der Waals surface area contributed by atoms with E-state index in [1.807, 2.05) is 30.3 Å². The first-order valence-electron chi connectivity index (χ1n) is 5.93. The Morgan fingerprint density at radius 1 is 1.35 bits per heavy atom. The second-order valence-corrected chi connectivity index (χ2v) is 4.17. The van der Waals surface area contributed by atoms with Gasteiger partial charge in [0, 0.05) is 6.42 Å². The summed E-state index contributed by atoms with van der Waals surface area (Å²) < 4.78 is 10.5. The summed E-state index contributed by atoms with van der Waals surface area (Å²) in [4.78, 5) is 0. The molecule has 1 heterocycles. The van der Waals surface area contributed by atoms with Gasteiger partial charge < -0.3 is 14.6 Å². The smallest absolute Gasteiger partial charge is 0.121 e. The van der Waals surface area contributed by atoms with Gasteiger partial charge in [0.05, 0.1) is 13.7 Å². The first-order chi connectivity index (χ1) is 8.29. The lowest BCUT2D eigenvalue weighted by Crippen LogP contribution is -2.18. The Labute approximate surface area is 102 Å². The molecule has 1 aromatic rings. The Hall–Kier alpha value is -1.48. The summed E-state index contributed by atoms with van der Waals surface area (Å²) in [6, 6.07) is 7.73. The Bertz CT molecular complexity index is 381. The van der Waals surface area contributed by atoms with Crippen LogP contribution in [-0.4, -0.2) is 24.9 Å². The van der Waals surface area contributed by atoms with Crippen molar-refractivity contribution in [3.63, 3.8) is 0 Å². The van der Waals surface area contributed by atoms with Gasteiger partial charge in [0.1, 0.15) is 17.6 Å². The minimum absolute atomic E-state index is 0.538. The van der Waals surface area contributed by atoms with Gasteiger partial charge >= 0.3 is 0 Å². The summed E-state index contributed by atoms with van der Waals surface area (Å²) in [7, 11) is 1.64. The molecule has 0 radical (unpaired) electrons. The van der Waals surface area contributed by atoms with Crippen LogP contribution in [-0.2, 0) is 11.2 Å². The molecule has 92 valence electrons. The fraction of sp³-hybridized carbons (Fsp3) is 0.429. The molecule has 0 saturated carbocycles. The Kier molecular flexibility index (Phi) is 4.04. The van der Waals surface area contributed by atoms with Crippen LogP contribution in [0.5, 0.6) is 5.75 Å². The number of methoxy groups -OCH3 is 1. The number of aliphatic hydroxyl groups excluding tert-OH is 1. The second kappa shape index (κ2) is 5.73. The fourth-order valence-corrected chi connectivity index (χ4v) is 1.89. The van der Waals surface area contributed by atoms with Gasteiger partial charge in [-0.1, -0.05) is 12.1 Å². The van der Waals surface area contributed by atoms with Gasteiger partial charge in [-0.15, -0.1) is 0 Å². The fourth-order valence-electron chi connectivity index (χ4n) is 1.89. The third kappa shape index (κ3) is 3.24. The molecule has 0 amide bonds. The van der Waals surface area contributed by atoms with Crippen molar-refractivity contribution in [2.75, 3.05) is 13.7 Å². The maximum absolute atomic E-state index is 10.0. The number of hydrogen-bond acceptors (Lipinski definition) is 3. The Balaban J connectivity index is 1.97. The predicted octanol–water partition coefficient (Wildman–Crippen LogP) is 2.29. The highest BCUT2D eigenvalue weighted by atomic mass is 16.5. The average Bonchev–Trinajstić information content (AvgIpc) is 2.40. The zero-order chi connectivity index (χ0) is 12.1. The van der Waals surface area contributed by atoms with Gasteiger partial charge in [-0.25, -0.2) is 0 Å². The standard InChI is InChI=1S/C14H18O3/c1-16-12-7-5-11(6-8-12)10-13(15)14-4-2-3-9-17-14/h4-8,13,15H,2-3,9-10H2,1H3. The third-order valence-electron chi connectivity index (χ3n) is 2.88. The van der Waals surface area contributed by atoms with Crippen LogP contribution in [0.1, 0.15) is 18.4 Å². The molecule has 3 nitrogen and oxygen atoms in total. The highest BCUT2D eigenvalue weighted by molar-refractivity contribution is 5.28. The molecule has 3 heteroatoms. The summed E-state index contributed by atoms with van der Waals surface area (Å²) in [6.07, 6.45) is 4.06. The zero-order valence-corrected chi connectivity index (χ0v) is 10.1. The molecule has 0 bridgehead atoms. The lowest BCUT2D eigenvalue weighted by Gasteiger charge is -2.19. The van der Waals surface area contributed by atoms with Crippen LogP contribution in [0.15, 0.2) is 36.1 Å². The van der Waals surface area contributed by atoms with Gasteiger partial charge in [0.2, 0.25) is 0 Å². The maximum atomic E-state index is 10.0. The van der Waals surface area contributed by atoms with Crippen molar-refractivity contribution in [2.24, 2.45) is 0 Å². The molecule has 1 aromatic carbocycles.